The van der Waals surface area contributed by atoms with Gasteiger partial charge < -0.3 is 10.1 Å². The third-order valence-corrected chi connectivity index (χ3v) is 5.90. The number of nitrogens with zero attached hydrogens (tertiary/aromatic N) is 1. The van der Waals surface area contributed by atoms with E-state index >= 15 is 0 Å². The first-order chi connectivity index (χ1) is 13.6. The van der Waals surface area contributed by atoms with E-state index in [-0.39, 0.29) is 17.2 Å². The summed E-state index contributed by atoms with van der Waals surface area (Å²) >= 11 is 1.60. The summed E-state index contributed by atoms with van der Waals surface area (Å²) in [4.78, 5) is 26.3. The van der Waals surface area contributed by atoms with Gasteiger partial charge in [-0.25, -0.2) is 0 Å². The molecule has 1 aliphatic rings. The van der Waals surface area contributed by atoms with Crippen molar-refractivity contribution in [3.05, 3.63) is 54.1 Å². The van der Waals surface area contributed by atoms with Crippen molar-refractivity contribution in [3.63, 3.8) is 0 Å². The molecule has 2 aromatic carbocycles. The second kappa shape index (κ2) is 9.64. The predicted molar refractivity (Wildman–Crippen MR) is 115 cm³/mol. The number of carbonyl (C=O) groups is 2. The molecule has 1 aliphatic heterocycles. The molecule has 1 heterocycles. The molecule has 3 rings (SSSR count). The normalized spacial score (nSPS) is 16.3. The number of amides is 2. The van der Waals surface area contributed by atoms with Crippen LogP contribution in [0.3, 0.4) is 0 Å². The first kappa shape index (κ1) is 20.3. The second-order valence-electron chi connectivity index (χ2n) is 6.76. The number of carbonyl (C=O) groups excluding carboxylic acids is 2. The van der Waals surface area contributed by atoms with Crippen LogP contribution < -0.4 is 15.0 Å². The van der Waals surface area contributed by atoms with E-state index in [0.29, 0.717) is 12.2 Å². The molecule has 1 N–H and O–H groups in total. The van der Waals surface area contributed by atoms with Crippen molar-refractivity contribution >= 4 is 35.0 Å². The zero-order valence-electron chi connectivity index (χ0n) is 16.3. The molecule has 0 aliphatic carbocycles. The number of hydrogen-bond donors (Lipinski definition) is 1. The van der Waals surface area contributed by atoms with Crippen LogP contribution in [-0.4, -0.2) is 24.7 Å². The van der Waals surface area contributed by atoms with E-state index in [2.05, 4.69) is 12.2 Å². The quantitative estimate of drug-likeness (QED) is 0.636. The van der Waals surface area contributed by atoms with Crippen LogP contribution in [-0.2, 0) is 9.59 Å². The Morgan fingerprint density at radius 2 is 2.00 bits per heavy atom. The average Bonchev–Trinajstić information content (AvgIpc) is 3.10. The van der Waals surface area contributed by atoms with E-state index in [4.69, 9.17) is 4.74 Å². The number of nitrogens with one attached hydrogen (secondary N) is 1. The Morgan fingerprint density at radius 3 is 2.71 bits per heavy atom. The fourth-order valence-corrected chi connectivity index (χ4v) is 4.38. The van der Waals surface area contributed by atoms with E-state index in [0.717, 1.165) is 42.0 Å². The first-order valence-corrected chi connectivity index (χ1v) is 10.6. The molecule has 148 valence electrons. The molecular weight excluding hydrogens is 372 g/mol. The summed E-state index contributed by atoms with van der Waals surface area (Å²) in [6, 6.07) is 15.3. The highest BCUT2D eigenvalue weighted by molar-refractivity contribution is 8.00. The molecule has 2 aromatic rings. The molecule has 0 spiro atoms. The van der Waals surface area contributed by atoms with Crippen LogP contribution in [0.25, 0.3) is 0 Å². The molecule has 28 heavy (non-hydrogen) atoms. The van der Waals surface area contributed by atoms with Crippen molar-refractivity contribution in [3.8, 4) is 5.75 Å². The first-order valence-electron chi connectivity index (χ1n) is 9.60. The number of anilines is 2. The molecule has 6 heteroatoms. The summed E-state index contributed by atoms with van der Waals surface area (Å²) in [5.41, 5.74) is 2.64. The van der Waals surface area contributed by atoms with Crippen molar-refractivity contribution in [2.24, 2.45) is 0 Å². The minimum atomic E-state index is -0.0890. The fraction of sp³-hybridized carbons (Fsp3) is 0.364. The van der Waals surface area contributed by atoms with Crippen LogP contribution in [0.15, 0.2) is 48.5 Å². The summed E-state index contributed by atoms with van der Waals surface area (Å²) in [7, 11) is 1.62. The zero-order chi connectivity index (χ0) is 19.9. The van der Waals surface area contributed by atoms with Crippen molar-refractivity contribution in [1.82, 2.24) is 0 Å². The molecule has 5 nitrogen and oxygen atoms in total. The predicted octanol–water partition coefficient (Wildman–Crippen LogP) is 4.99. The topological polar surface area (TPSA) is 58.6 Å². The summed E-state index contributed by atoms with van der Waals surface area (Å²) in [5, 5.41) is 2.85. The lowest BCUT2D eigenvalue weighted by Gasteiger charge is -2.25. The van der Waals surface area contributed by atoms with Gasteiger partial charge in [0, 0.05) is 23.9 Å². The molecule has 2 amide bonds. The number of rotatable bonds is 8. The van der Waals surface area contributed by atoms with Crippen LogP contribution >= 0.6 is 11.8 Å². The number of thioether (sulfide) groups is 1. The maximum Gasteiger partial charge on any atom is 0.238 e. The van der Waals surface area contributed by atoms with Gasteiger partial charge in [0.15, 0.2) is 0 Å². The third kappa shape index (κ3) is 4.87. The fourth-order valence-electron chi connectivity index (χ4n) is 3.20. The van der Waals surface area contributed by atoms with E-state index in [1.54, 1.807) is 18.9 Å². The molecular formula is C22H26N2O3S. The van der Waals surface area contributed by atoms with E-state index in [1.165, 1.54) is 0 Å². The van der Waals surface area contributed by atoms with Gasteiger partial charge in [-0.1, -0.05) is 38.0 Å². The van der Waals surface area contributed by atoms with E-state index in [1.807, 2.05) is 53.4 Å². The van der Waals surface area contributed by atoms with Crippen LogP contribution in [0.4, 0.5) is 11.4 Å². The van der Waals surface area contributed by atoms with Gasteiger partial charge in [0.1, 0.15) is 11.1 Å². The highest BCUT2D eigenvalue weighted by Gasteiger charge is 2.34. The summed E-state index contributed by atoms with van der Waals surface area (Å²) in [6.07, 6.45) is 3.63. The zero-order valence-corrected chi connectivity index (χ0v) is 17.1. The number of methoxy groups -OCH3 is 1. The molecule has 1 atom stereocenters. The van der Waals surface area contributed by atoms with Crippen molar-refractivity contribution in [1.29, 1.82) is 0 Å². The molecule has 1 unspecified atom stereocenters. The van der Waals surface area contributed by atoms with Gasteiger partial charge in [0.2, 0.25) is 11.8 Å². The van der Waals surface area contributed by atoms with Gasteiger partial charge >= 0.3 is 0 Å². The molecule has 0 aromatic heterocycles. The summed E-state index contributed by atoms with van der Waals surface area (Å²) in [5.74, 6) is 1.29. The van der Waals surface area contributed by atoms with Crippen LogP contribution in [0.2, 0.25) is 0 Å². The largest absolute Gasteiger partial charge is 0.497 e. The highest BCUT2D eigenvalue weighted by Crippen LogP contribution is 2.42. The highest BCUT2D eigenvalue weighted by atomic mass is 32.2. The Labute approximate surface area is 170 Å². The maximum atomic E-state index is 12.5. The minimum Gasteiger partial charge on any atom is -0.497 e. The second-order valence-corrected chi connectivity index (χ2v) is 7.82. The van der Waals surface area contributed by atoms with Crippen LogP contribution in [0.5, 0.6) is 5.75 Å². The lowest BCUT2D eigenvalue weighted by atomic mass is 10.1. The van der Waals surface area contributed by atoms with Gasteiger partial charge in [-0.15, -0.1) is 11.8 Å². The molecule has 1 saturated heterocycles. The Balaban J connectivity index is 1.71. The lowest BCUT2D eigenvalue weighted by Crippen LogP contribution is -2.27. The average molecular weight is 399 g/mol. The summed E-state index contributed by atoms with van der Waals surface area (Å²) in [6.45, 7) is 2.12. The third-order valence-electron chi connectivity index (χ3n) is 4.69. The standard InChI is InChI=1S/C22H26N2O3S/c1-3-4-5-9-20(25)23-17-12-10-16(11-13-17)22-24(21(26)15-28-22)18-7-6-8-19(14-18)27-2/h6-8,10-14,22H,3-5,9,15H2,1-2H3,(H,23,25). The molecule has 0 bridgehead atoms. The minimum absolute atomic E-state index is 0.0460. The van der Waals surface area contributed by atoms with Crippen molar-refractivity contribution in [2.75, 3.05) is 23.1 Å². The SMILES string of the molecule is CCCCCC(=O)Nc1ccc(C2SCC(=O)N2c2cccc(OC)c2)cc1. The van der Waals surface area contributed by atoms with E-state index in [9.17, 15) is 9.59 Å². The van der Waals surface area contributed by atoms with Gasteiger partial charge in [-0.2, -0.15) is 0 Å². The van der Waals surface area contributed by atoms with Gasteiger partial charge in [0.05, 0.1) is 12.9 Å². The Kier molecular flexibility index (Phi) is 6.98. The molecule has 0 saturated carbocycles. The number of benzene rings is 2. The number of hydrogen-bond acceptors (Lipinski definition) is 4. The number of unbranched alkanes of at least 4 members (excludes halogenated alkanes) is 2. The monoisotopic (exact) mass is 398 g/mol. The Bertz CT molecular complexity index is 823. The lowest BCUT2D eigenvalue weighted by molar-refractivity contribution is -0.116. The maximum absolute atomic E-state index is 12.5. The van der Waals surface area contributed by atoms with Crippen LogP contribution in [0.1, 0.15) is 43.5 Å². The number of ether oxygens (including phenoxy) is 1. The molecule has 1 fully saturated rings. The smallest absolute Gasteiger partial charge is 0.238 e. The Hall–Kier alpha value is -2.47. The van der Waals surface area contributed by atoms with E-state index < -0.39 is 0 Å². The van der Waals surface area contributed by atoms with Crippen LogP contribution in [0, 0.1) is 0 Å². The Morgan fingerprint density at radius 1 is 1.21 bits per heavy atom. The van der Waals surface area contributed by atoms with Gasteiger partial charge in [0.25, 0.3) is 0 Å². The molecule has 0 radical (unpaired) electrons. The van der Waals surface area contributed by atoms with Crippen molar-refractivity contribution in [2.45, 2.75) is 38.0 Å². The van der Waals surface area contributed by atoms with Crippen molar-refractivity contribution < 1.29 is 14.3 Å². The van der Waals surface area contributed by atoms with Gasteiger partial charge in [-0.3, -0.25) is 14.5 Å². The summed E-state index contributed by atoms with van der Waals surface area (Å²) < 4.78 is 5.29. The van der Waals surface area contributed by atoms with Gasteiger partial charge in [-0.05, 0) is 36.2 Å².